The minimum absolute atomic E-state index is 0.135. The highest BCUT2D eigenvalue weighted by Crippen LogP contribution is 2.27. The smallest absolute Gasteiger partial charge is 0.330 e. The van der Waals surface area contributed by atoms with Gasteiger partial charge in [0.2, 0.25) is 5.91 Å². The summed E-state index contributed by atoms with van der Waals surface area (Å²) in [5.74, 6) is 0.0104. The third-order valence-electron chi connectivity index (χ3n) is 6.29. The lowest BCUT2D eigenvalue weighted by atomic mass is 9.88. The fourth-order valence-corrected chi connectivity index (χ4v) is 4.49. The lowest BCUT2D eigenvalue weighted by Crippen LogP contribution is -2.16. The number of fused-ring (bicyclic) bond motifs is 1. The number of ether oxygens (including phenoxy) is 1. The number of para-hydroxylation sites is 1. The zero-order valence-electron chi connectivity index (χ0n) is 19.5. The number of carbonyl (C=O) groups is 2. The summed E-state index contributed by atoms with van der Waals surface area (Å²) in [5.41, 5.74) is 4.13. The van der Waals surface area contributed by atoms with E-state index in [0.717, 1.165) is 27.6 Å². The largest absolute Gasteiger partial charge is 0.466 e. The second kappa shape index (κ2) is 11.4. The summed E-state index contributed by atoms with van der Waals surface area (Å²) in [5, 5.41) is 4.00. The van der Waals surface area contributed by atoms with Gasteiger partial charge in [-0.1, -0.05) is 67.8 Å². The second-order valence-corrected chi connectivity index (χ2v) is 8.63. The zero-order valence-corrected chi connectivity index (χ0v) is 19.5. The van der Waals surface area contributed by atoms with E-state index in [4.69, 9.17) is 4.74 Å². The van der Waals surface area contributed by atoms with Crippen LogP contribution in [0.25, 0.3) is 23.1 Å². The summed E-state index contributed by atoms with van der Waals surface area (Å²) in [6, 6.07) is 15.5. The maximum absolute atomic E-state index is 13.2. The average molecular weight is 455 g/mol. The summed E-state index contributed by atoms with van der Waals surface area (Å²) < 4.78 is 4.74. The number of nitrogens with zero attached hydrogens (tertiary/aromatic N) is 1. The Kier molecular flexibility index (Phi) is 7.87. The van der Waals surface area contributed by atoms with Gasteiger partial charge in [-0.05, 0) is 53.7 Å². The van der Waals surface area contributed by atoms with E-state index in [1.54, 1.807) is 12.3 Å². The number of aromatic nitrogens is 1. The van der Waals surface area contributed by atoms with E-state index in [2.05, 4.69) is 22.5 Å². The van der Waals surface area contributed by atoms with E-state index in [1.807, 2.05) is 48.5 Å². The minimum Gasteiger partial charge on any atom is -0.466 e. The van der Waals surface area contributed by atoms with Crippen LogP contribution in [0.5, 0.6) is 0 Å². The molecule has 1 saturated carbocycles. The van der Waals surface area contributed by atoms with Crippen LogP contribution in [0.15, 0.2) is 66.9 Å². The normalized spacial score (nSPS) is 14.6. The monoisotopic (exact) mass is 454 g/mol. The molecule has 2 aromatic carbocycles. The SMILES string of the molecule is COC(=O)/C=C/c1cccc(/C=C/C2CCCCC2)c1CC(=O)Nc1cccc2cccnc12. The van der Waals surface area contributed by atoms with Crippen molar-refractivity contribution in [2.24, 2.45) is 5.92 Å². The van der Waals surface area contributed by atoms with Crippen LogP contribution in [0.1, 0.15) is 48.8 Å². The number of anilines is 1. The van der Waals surface area contributed by atoms with Crippen molar-refractivity contribution >= 4 is 40.6 Å². The van der Waals surface area contributed by atoms with Crippen molar-refractivity contribution < 1.29 is 14.3 Å². The Morgan fingerprint density at radius 2 is 1.74 bits per heavy atom. The molecule has 0 unspecified atom stereocenters. The second-order valence-electron chi connectivity index (χ2n) is 8.63. The van der Waals surface area contributed by atoms with Crippen LogP contribution in [0.2, 0.25) is 0 Å². The van der Waals surface area contributed by atoms with Crippen molar-refractivity contribution in [3.05, 3.63) is 83.6 Å². The molecule has 1 fully saturated rings. The fraction of sp³-hybridized carbons (Fsp3) is 0.276. The maximum Gasteiger partial charge on any atom is 0.330 e. The summed E-state index contributed by atoms with van der Waals surface area (Å²) in [4.78, 5) is 29.3. The van der Waals surface area contributed by atoms with Crippen molar-refractivity contribution in [3.8, 4) is 0 Å². The Labute approximate surface area is 200 Å². The van der Waals surface area contributed by atoms with Crippen molar-refractivity contribution in [1.29, 1.82) is 0 Å². The van der Waals surface area contributed by atoms with Gasteiger partial charge in [-0.15, -0.1) is 0 Å². The van der Waals surface area contributed by atoms with E-state index in [-0.39, 0.29) is 12.3 Å². The number of pyridine rings is 1. The Morgan fingerprint density at radius 3 is 2.53 bits per heavy atom. The lowest BCUT2D eigenvalue weighted by molar-refractivity contribution is -0.134. The molecule has 1 aliphatic rings. The van der Waals surface area contributed by atoms with E-state index < -0.39 is 5.97 Å². The average Bonchev–Trinajstić information content (AvgIpc) is 2.87. The standard InChI is InChI=1S/C29H30N2O3/c1-34-28(33)18-17-23-11-5-10-22(16-15-21-8-3-2-4-9-21)25(23)20-27(32)31-26-14-6-12-24-13-7-19-30-29(24)26/h5-7,10-19,21H,2-4,8-9,20H2,1H3,(H,31,32)/b16-15+,18-17+. The number of amides is 1. The molecule has 1 heterocycles. The first-order chi connectivity index (χ1) is 16.6. The first kappa shape index (κ1) is 23.4. The van der Waals surface area contributed by atoms with Crippen molar-refractivity contribution in [2.75, 3.05) is 12.4 Å². The number of methoxy groups -OCH3 is 1. The molecule has 3 aromatic rings. The van der Waals surface area contributed by atoms with E-state index in [0.29, 0.717) is 11.6 Å². The van der Waals surface area contributed by atoms with Crippen LogP contribution >= 0.6 is 0 Å². The van der Waals surface area contributed by atoms with Gasteiger partial charge in [0.05, 0.1) is 24.7 Å². The Hall–Kier alpha value is -3.73. The molecule has 1 N–H and O–H groups in total. The molecular formula is C29H30N2O3. The van der Waals surface area contributed by atoms with Gasteiger partial charge in [0, 0.05) is 17.7 Å². The number of rotatable bonds is 7. The number of hydrogen-bond acceptors (Lipinski definition) is 4. The Bertz CT molecular complexity index is 1220. The molecule has 1 aliphatic carbocycles. The van der Waals surface area contributed by atoms with Crippen LogP contribution in [0.3, 0.4) is 0 Å². The van der Waals surface area contributed by atoms with E-state index in [9.17, 15) is 9.59 Å². The predicted molar refractivity (Wildman–Crippen MR) is 137 cm³/mol. The van der Waals surface area contributed by atoms with Gasteiger partial charge < -0.3 is 10.1 Å². The molecule has 5 nitrogen and oxygen atoms in total. The molecule has 34 heavy (non-hydrogen) atoms. The van der Waals surface area contributed by atoms with Crippen LogP contribution in [0, 0.1) is 5.92 Å². The molecule has 1 amide bonds. The first-order valence-electron chi connectivity index (χ1n) is 11.8. The first-order valence-corrected chi connectivity index (χ1v) is 11.8. The van der Waals surface area contributed by atoms with E-state index in [1.165, 1.54) is 45.3 Å². The van der Waals surface area contributed by atoms with Gasteiger partial charge in [0.1, 0.15) is 0 Å². The lowest BCUT2D eigenvalue weighted by Gasteiger charge is -2.18. The summed E-state index contributed by atoms with van der Waals surface area (Å²) >= 11 is 0. The molecule has 1 aromatic heterocycles. The number of benzene rings is 2. The fourth-order valence-electron chi connectivity index (χ4n) is 4.49. The van der Waals surface area contributed by atoms with Crippen LogP contribution in [0.4, 0.5) is 5.69 Å². The maximum atomic E-state index is 13.2. The summed E-state index contributed by atoms with van der Waals surface area (Å²) in [6.45, 7) is 0. The molecule has 0 saturated heterocycles. The molecule has 0 atom stereocenters. The predicted octanol–water partition coefficient (Wildman–Crippen LogP) is 6.20. The van der Waals surface area contributed by atoms with Crippen molar-refractivity contribution in [3.63, 3.8) is 0 Å². The number of nitrogens with one attached hydrogen (secondary N) is 1. The third-order valence-corrected chi connectivity index (χ3v) is 6.29. The number of carbonyl (C=O) groups excluding carboxylic acids is 2. The van der Waals surface area contributed by atoms with Crippen molar-refractivity contribution in [1.82, 2.24) is 4.98 Å². The molecule has 4 rings (SSSR count). The van der Waals surface area contributed by atoms with Crippen LogP contribution < -0.4 is 5.32 Å². The highest BCUT2D eigenvalue weighted by Gasteiger charge is 2.14. The Balaban J connectivity index is 1.61. The van der Waals surface area contributed by atoms with Crippen molar-refractivity contribution in [2.45, 2.75) is 38.5 Å². The number of esters is 1. The van der Waals surface area contributed by atoms with E-state index >= 15 is 0 Å². The Morgan fingerprint density at radius 1 is 1.00 bits per heavy atom. The topological polar surface area (TPSA) is 68.3 Å². The molecule has 5 heteroatoms. The number of allylic oxidation sites excluding steroid dienone is 1. The molecule has 0 radical (unpaired) electrons. The van der Waals surface area contributed by atoms with Gasteiger partial charge in [-0.2, -0.15) is 0 Å². The van der Waals surface area contributed by atoms with Gasteiger partial charge in [0.15, 0.2) is 0 Å². The molecular weight excluding hydrogens is 424 g/mol. The highest BCUT2D eigenvalue weighted by atomic mass is 16.5. The van der Waals surface area contributed by atoms with Gasteiger partial charge in [-0.3, -0.25) is 9.78 Å². The zero-order chi connectivity index (χ0) is 23.8. The number of hydrogen-bond donors (Lipinski definition) is 1. The van der Waals surface area contributed by atoms with Crippen LogP contribution in [-0.4, -0.2) is 24.0 Å². The van der Waals surface area contributed by atoms with Gasteiger partial charge in [0.25, 0.3) is 0 Å². The van der Waals surface area contributed by atoms with Gasteiger partial charge in [-0.25, -0.2) is 4.79 Å². The van der Waals surface area contributed by atoms with Crippen LogP contribution in [-0.2, 0) is 20.7 Å². The highest BCUT2D eigenvalue weighted by molar-refractivity contribution is 6.01. The third kappa shape index (κ3) is 5.98. The minimum atomic E-state index is -0.430. The molecule has 0 aliphatic heterocycles. The molecule has 0 bridgehead atoms. The summed E-state index contributed by atoms with van der Waals surface area (Å²) in [6.07, 6.45) is 15.7. The van der Waals surface area contributed by atoms with Gasteiger partial charge >= 0.3 is 5.97 Å². The summed E-state index contributed by atoms with van der Waals surface area (Å²) in [7, 11) is 1.35. The quantitative estimate of drug-likeness (QED) is 0.341. The molecule has 0 spiro atoms. The molecule has 174 valence electrons.